The molecule has 0 spiro atoms. The lowest BCUT2D eigenvalue weighted by molar-refractivity contribution is -0.135. The Labute approximate surface area is 136 Å². The maximum absolute atomic E-state index is 12.2. The first-order valence-corrected chi connectivity index (χ1v) is 8.03. The van der Waals surface area contributed by atoms with Crippen molar-refractivity contribution in [2.45, 2.75) is 24.9 Å². The van der Waals surface area contributed by atoms with Crippen LogP contribution in [0.25, 0.3) is 0 Å². The Morgan fingerprint density at radius 3 is 2.59 bits per heavy atom. The molecule has 1 saturated heterocycles. The van der Waals surface area contributed by atoms with E-state index >= 15 is 0 Å². The summed E-state index contributed by atoms with van der Waals surface area (Å²) in [6.07, 6.45) is 1.65. The zero-order valence-electron chi connectivity index (χ0n) is 12.8. The van der Waals surface area contributed by atoms with Gasteiger partial charge in [-0.3, -0.25) is 9.69 Å². The van der Waals surface area contributed by atoms with E-state index in [1.165, 1.54) is 0 Å². The van der Waals surface area contributed by atoms with Crippen LogP contribution in [0.2, 0.25) is 5.02 Å². The number of carbonyl (C=O) groups excluding carboxylic acids is 1. The van der Waals surface area contributed by atoms with Crippen LogP contribution in [0, 0.1) is 0 Å². The number of amides is 1. The molecule has 1 aliphatic carbocycles. The van der Waals surface area contributed by atoms with Gasteiger partial charge in [0.2, 0.25) is 5.91 Å². The zero-order chi connectivity index (χ0) is 15.7. The predicted molar refractivity (Wildman–Crippen MR) is 86.0 cm³/mol. The summed E-state index contributed by atoms with van der Waals surface area (Å²) in [5, 5.41) is 0.712. The summed E-state index contributed by atoms with van der Waals surface area (Å²) in [5.41, 5.74) is 6.52. The molecule has 0 aromatic heterocycles. The number of hydrogen-bond acceptors (Lipinski definition) is 4. The summed E-state index contributed by atoms with van der Waals surface area (Å²) in [6.45, 7) is 3.94. The molecule has 1 aromatic carbocycles. The minimum absolute atomic E-state index is 0.118. The second-order valence-corrected chi connectivity index (χ2v) is 6.62. The smallest absolute Gasteiger partial charge is 0.242 e. The SMILES string of the molecule is COc1ccc(Cl)cc1CN1CCN(C(=O)C2(N)CC2)CC1. The van der Waals surface area contributed by atoms with Crippen molar-refractivity contribution in [3.05, 3.63) is 28.8 Å². The first-order chi connectivity index (χ1) is 10.5. The molecule has 0 atom stereocenters. The van der Waals surface area contributed by atoms with Crippen molar-refractivity contribution in [1.29, 1.82) is 0 Å². The fraction of sp³-hybridized carbons (Fsp3) is 0.562. The summed E-state index contributed by atoms with van der Waals surface area (Å²) in [4.78, 5) is 16.5. The average molecular weight is 324 g/mol. The van der Waals surface area contributed by atoms with Gasteiger partial charge in [-0.15, -0.1) is 0 Å². The van der Waals surface area contributed by atoms with Crippen molar-refractivity contribution in [2.24, 2.45) is 5.73 Å². The highest BCUT2D eigenvalue weighted by Gasteiger charge is 2.48. The van der Waals surface area contributed by atoms with Crippen LogP contribution in [0.4, 0.5) is 0 Å². The largest absolute Gasteiger partial charge is 0.496 e. The van der Waals surface area contributed by atoms with Crippen molar-refractivity contribution in [2.75, 3.05) is 33.3 Å². The van der Waals surface area contributed by atoms with Gasteiger partial charge in [-0.1, -0.05) is 11.6 Å². The predicted octanol–water partition coefficient (Wildman–Crippen LogP) is 1.48. The molecule has 1 heterocycles. The fourth-order valence-corrected chi connectivity index (χ4v) is 3.08. The first kappa shape index (κ1) is 15.6. The molecule has 1 aliphatic heterocycles. The number of nitrogens with zero attached hydrogens (tertiary/aromatic N) is 2. The van der Waals surface area contributed by atoms with Gasteiger partial charge in [0.1, 0.15) is 5.75 Å². The van der Waals surface area contributed by atoms with Gasteiger partial charge in [0.15, 0.2) is 0 Å². The molecule has 1 saturated carbocycles. The normalized spacial score (nSPS) is 20.8. The van der Waals surface area contributed by atoms with Crippen molar-refractivity contribution in [1.82, 2.24) is 9.80 Å². The second-order valence-electron chi connectivity index (χ2n) is 6.18. The van der Waals surface area contributed by atoms with E-state index in [0.717, 1.165) is 56.9 Å². The number of rotatable bonds is 4. The molecule has 22 heavy (non-hydrogen) atoms. The van der Waals surface area contributed by atoms with Crippen LogP contribution in [-0.4, -0.2) is 54.5 Å². The van der Waals surface area contributed by atoms with Crippen LogP contribution in [0.3, 0.4) is 0 Å². The minimum Gasteiger partial charge on any atom is -0.496 e. The Morgan fingerprint density at radius 1 is 1.32 bits per heavy atom. The van der Waals surface area contributed by atoms with Crippen molar-refractivity contribution in [3.8, 4) is 5.75 Å². The quantitative estimate of drug-likeness (QED) is 0.912. The Bertz CT molecular complexity index is 567. The molecule has 2 N–H and O–H groups in total. The molecule has 0 bridgehead atoms. The van der Waals surface area contributed by atoms with Gasteiger partial charge in [-0.05, 0) is 31.0 Å². The van der Waals surface area contributed by atoms with E-state index in [9.17, 15) is 4.79 Å². The molecule has 3 rings (SSSR count). The third-order valence-electron chi connectivity index (χ3n) is 4.51. The molecule has 120 valence electrons. The number of piperazine rings is 1. The molecule has 2 fully saturated rings. The summed E-state index contributed by atoms with van der Waals surface area (Å²) in [6, 6.07) is 5.66. The number of methoxy groups -OCH3 is 1. The Kier molecular flexibility index (Phi) is 4.30. The number of nitrogens with two attached hydrogens (primary N) is 1. The van der Waals surface area contributed by atoms with Gasteiger partial charge in [0.25, 0.3) is 0 Å². The van der Waals surface area contributed by atoms with Crippen LogP contribution in [0.5, 0.6) is 5.75 Å². The highest BCUT2D eigenvalue weighted by molar-refractivity contribution is 6.30. The van der Waals surface area contributed by atoms with Crippen molar-refractivity contribution >= 4 is 17.5 Å². The second kappa shape index (κ2) is 6.07. The van der Waals surface area contributed by atoms with Crippen LogP contribution in [0.1, 0.15) is 18.4 Å². The van der Waals surface area contributed by atoms with Gasteiger partial charge in [-0.2, -0.15) is 0 Å². The Morgan fingerprint density at radius 2 is 2.00 bits per heavy atom. The number of ether oxygens (including phenoxy) is 1. The van der Waals surface area contributed by atoms with E-state index in [-0.39, 0.29) is 5.91 Å². The summed E-state index contributed by atoms with van der Waals surface area (Å²) >= 11 is 6.07. The zero-order valence-corrected chi connectivity index (χ0v) is 13.6. The molecule has 0 unspecified atom stereocenters. The number of benzene rings is 1. The van der Waals surface area contributed by atoms with E-state index in [1.807, 2.05) is 23.1 Å². The molecular formula is C16H22ClN3O2. The van der Waals surface area contributed by atoms with Crippen LogP contribution < -0.4 is 10.5 Å². The van der Waals surface area contributed by atoms with Gasteiger partial charge in [0, 0.05) is 43.3 Å². The minimum atomic E-state index is -0.557. The van der Waals surface area contributed by atoms with E-state index < -0.39 is 5.54 Å². The van der Waals surface area contributed by atoms with Gasteiger partial charge < -0.3 is 15.4 Å². The maximum atomic E-state index is 12.2. The Hall–Kier alpha value is -1.30. The third kappa shape index (κ3) is 3.21. The summed E-state index contributed by atoms with van der Waals surface area (Å²) in [5.74, 6) is 0.967. The average Bonchev–Trinajstić information content (AvgIpc) is 3.27. The van der Waals surface area contributed by atoms with Gasteiger partial charge >= 0.3 is 0 Å². The molecule has 1 aromatic rings. The molecule has 5 nitrogen and oxygen atoms in total. The van der Waals surface area contributed by atoms with Gasteiger partial charge in [0.05, 0.1) is 12.6 Å². The van der Waals surface area contributed by atoms with Crippen molar-refractivity contribution in [3.63, 3.8) is 0 Å². The first-order valence-electron chi connectivity index (χ1n) is 7.65. The molecule has 0 radical (unpaired) electrons. The molecule has 2 aliphatic rings. The van der Waals surface area contributed by atoms with E-state index in [2.05, 4.69) is 4.90 Å². The lowest BCUT2D eigenvalue weighted by Gasteiger charge is -2.36. The highest BCUT2D eigenvalue weighted by atomic mass is 35.5. The van der Waals surface area contributed by atoms with Gasteiger partial charge in [-0.25, -0.2) is 0 Å². The molecule has 1 amide bonds. The van der Waals surface area contributed by atoms with E-state index in [0.29, 0.717) is 5.02 Å². The third-order valence-corrected chi connectivity index (χ3v) is 4.75. The number of halogens is 1. The van der Waals surface area contributed by atoms with Crippen LogP contribution >= 0.6 is 11.6 Å². The molecular weight excluding hydrogens is 302 g/mol. The monoisotopic (exact) mass is 323 g/mol. The van der Waals surface area contributed by atoms with E-state index in [4.69, 9.17) is 22.1 Å². The van der Waals surface area contributed by atoms with Crippen molar-refractivity contribution < 1.29 is 9.53 Å². The lowest BCUT2D eigenvalue weighted by Crippen LogP contribution is -2.53. The number of hydrogen-bond donors (Lipinski definition) is 1. The maximum Gasteiger partial charge on any atom is 0.242 e. The molecule has 6 heteroatoms. The van der Waals surface area contributed by atoms with Crippen LogP contribution in [0.15, 0.2) is 18.2 Å². The lowest BCUT2D eigenvalue weighted by atomic mass is 10.1. The number of carbonyl (C=O) groups is 1. The topological polar surface area (TPSA) is 58.8 Å². The standard InChI is InChI=1S/C16H22ClN3O2/c1-22-14-3-2-13(17)10-12(14)11-19-6-8-20(9-7-19)15(21)16(18)4-5-16/h2-3,10H,4-9,11,18H2,1H3. The van der Waals surface area contributed by atoms with Crippen LogP contribution in [-0.2, 0) is 11.3 Å². The highest BCUT2D eigenvalue weighted by Crippen LogP contribution is 2.34. The fourth-order valence-electron chi connectivity index (χ4n) is 2.88. The summed E-state index contributed by atoms with van der Waals surface area (Å²) < 4.78 is 5.39. The summed E-state index contributed by atoms with van der Waals surface area (Å²) in [7, 11) is 1.67. The Balaban J connectivity index is 1.58. The van der Waals surface area contributed by atoms with E-state index in [1.54, 1.807) is 7.11 Å².